The van der Waals surface area contributed by atoms with Gasteiger partial charge in [0.05, 0.1) is 37.6 Å². The molecule has 0 aromatic heterocycles. The summed E-state index contributed by atoms with van der Waals surface area (Å²) in [6.07, 6.45) is 8.11. The second-order valence-corrected chi connectivity index (χ2v) is 14.0. The number of hydrogen-bond acceptors (Lipinski definition) is 7. The summed E-state index contributed by atoms with van der Waals surface area (Å²) in [5.74, 6) is 0.438. The average molecular weight is 680 g/mol. The topological polar surface area (TPSA) is 112 Å². The smallest absolute Gasteiger partial charge is 0.336 e. The van der Waals surface area contributed by atoms with Gasteiger partial charge in [-0.05, 0) is 87.0 Å². The predicted molar refractivity (Wildman–Crippen MR) is 192 cm³/mol. The summed E-state index contributed by atoms with van der Waals surface area (Å²) in [5, 5.41) is 18.9. The summed E-state index contributed by atoms with van der Waals surface area (Å²) in [4.78, 5) is 29.0. The molecule has 0 saturated heterocycles. The lowest BCUT2D eigenvalue weighted by molar-refractivity contribution is 0.0497. The van der Waals surface area contributed by atoms with Crippen molar-refractivity contribution in [2.75, 3.05) is 77.6 Å². The number of rotatable bonds is 12. The highest BCUT2D eigenvalue weighted by molar-refractivity contribution is 6.02. The Morgan fingerprint density at radius 2 is 1.58 bits per heavy atom. The number of carboxylic acids is 1. The third kappa shape index (κ3) is 5.97. The first-order valence-corrected chi connectivity index (χ1v) is 18.4. The van der Waals surface area contributed by atoms with Gasteiger partial charge in [-0.2, -0.15) is 0 Å². The molecule has 0 bridgehead atoms. The highest BCUT2D eigenvalue weighted by atomic mass is 16.5. The summed E-state index contributed by atoms with van der Waals surface area (Å²) in [6.45, 7) is 7.24. The van der Waals surface area contributed by atoms with Gasteiger partial charge in [0.2, 0.25) is 5.36 Å². The molecule has 0 fully saturated rings. The fourth-order valence-electron chi connectivity index (χ4n) is 8.72. The molecule has 262 valence electrons. The van der Waals surface area contributed by atoms with Crippen molar-refractivity contribution in [3.8, 4) is 11.5 Å². The number of amides is 1. The molecule has 0 radical (unpaired) electrons. The van der Waals surface area contributed by atoms with Crippen LogP contribution in [-0.2, 0) is 35.2 Å². The lowest BCUT2D eigenvalue weighted by Gasteiger charge is -2.39. The van der Waals surface area contributed by atoms with E-state index >= 15 is 0 Å². The van der Waals surface area contributed by atoms with Crippen molar-refractivity contribution < 1.29 is 28.9 Å². The van der Waals surface area contributed by atoms with Crippen molar-refractivity contribution in [1.82, 2.24) is 15.2 Å². The van der Waals surface area contributed by atoms with Gasteiger partial charge in [-0.3, -0.25) is 4.79 Å². The zero-order valence-electron chi connectivity index (χ0n) is 29.0. The number of carbonyl (C=O) groups excluding carboxylic acids is 1. The summed E-state index contributed by atoms with van der Waals surface area (Å²) >= 11 is 0. The quantitative estimate of drug-likeness (QED) is 0.155. The Morgan fingerprint density at radius 3 is 2.38 bits per heavy atom. The maximum Gasteiger partial charge on any atom is 0.336 e. The lowest BCUT2D eigenvalue weighted by Crippen LogP contribution is -2.45. The predicted octanol–water partition coefficient (Wildman–Crippen LogP) is 2.80. The Morgan fingerprint density at radius 1 is 0.840 bits per heavy atom. The Bertz CT molecular complexity index is 1980. The number of benzene rings is 3. The third-order valence-corrected chi connectivity index (χ3v) is 10.9. The number of hydrogen-bond donors (Lipinski definition) is 3. The molecule has 0 spiro atoms. The van der Waals surface area contributed by atoms with Crippen LogP contribution in [0.4, 0.5) is 5.69 Å². The van der Waals surface area contributed by atoms with Gasteiger partial charge in [-0.15, -0.1) is 0 Å². The van der Waals surface area contributed by atoms with Gasteiger partial charge in [0.1, 0.15) is 24.6 Å². The monoisotopic (exact) mass is 679 g/mol. The van der Waals surface area contributed by atoms with Crippen molar-refractivity contribution in [2.24, 2.45) is 0 Å². The van der Waals surface area contributed by atoms with Crippen LogP contribution in [0.15, 0.2) is 30.3 Å². The Balaban J connectivity index is 1.24. The van der Waals surface area contributed by atoms with Crippen molar-refractivity contribution in [3.05, 3.63) is 85.4 Å². The van der Waals surface area contributed by atoms with E-state index in [1.165, 1.54) is 33.3 Å². The molecule has 0 aliphatic carbocycles. The molecule has 3 N–H and O–H groups in total. The number of anilines is 1. The first kappa shape index (κ1) is 32.9. The minimum atomic E-state index is -1.02. The second kappa shape index (κ2) is 14.2. The standard InChI is InChI=1S/C40H46N4O6/c1-41-12-18-48-20-21-49-19-13-42-39(45)27-10-11-28(40(46)47)31(24-27)34-32-22-25-6-2-14-43-16-4-8-29(35(25)43)37(32)50-38-30-9-5-17-44-15-3-7-26(36(30)44)23-33(34)38/h10-11,22-24,41H,2-9,12-21H2,1H3,(H-,42,45,46,47)/p+1. The molecule has 5 aliphatic rings. The summed E-state index contributed by atoms with van der Waals surface area (Å²) in [5.41, 5.74) is 9.35. The van der Waals surface area contributed by atoms with Crippen LogP contribution < -0.4 is 35.4 Å². The molecule has 1 amide bonds. The number of carbonyl (C=O) groups is 2. The molecule has 0 unspecified atom stereocenters. The van der Waals surface area contributed by atoms with Crippen LogP contribution in [0.2, 0.25) is 0 Å². The van der Waals surface area contributed by atoms with Crippen LogP contribution in [0.5, 0.6) is 11.5 Å². The first-order chi connectivity index (χ1) is 24.5. The van der Waals surface area contributed by atoms with Crippen LogP contribution in [0.1, 0.15) is 79.8 Å². The first-order valence-electron chi connectivity index (χ1n) is 18.4. The second-order valence-electron chi connectivity index (χ2n) is 14.0. The van der Waals surface area contributed by atoms with E-state index in [1.807, 2.05) is 7.05 Å². The summed E-state index contributed by atoms with van der Waals surface area (Å²) in [7, 11) is 1.88. The number of ether oxygens (including phenoxy) is 3. The lowest BCUT2D eigenvalue weighted by atomic mass is 9.81. The molecule has 5 aliphatic heterocycles. The van der Waals surface area contributed by atoms with Gasteiger partial charge in [0, 0.05) is 77.8 Å². The molecular weight excluding hydrogens is 632 g/mol. The summed E-state index contributed by atoms with van der Waals surface area (Å²) < 4.78 is 20.8. The van der Waals surface area contributed by atoms with Gasteiger partial charge < -0.3 is 34.9 Å². The molecule has 5 heterocycles. The number of carboxylic acid groups (broad SMARTS) is 1. The van der Waals surface area contributed by atoms with Crippen molar-refractivity contribution >= 4 is 23.1 Å². The maximum atomic E-state index is 13.5. The maximum absolute atomic E-state index is 13.5. The van der Waals surface area contributed by atoms with Crippen molar-refractivity contribution in [3.63, 3.8) is 0 Å². The van der Waals surface area contributed by atoms with Crippen LogP contribution in [0, 0.1) is 0 Å². The van der Waals surface area contributed by atoms with E-state index in [-0.39, 0.29) is 11.5 Å². The number of aryl methyl sites for hydroxylation is 2. The number of nitrogens with zero attached hydrogens (tertiary/aromatic N) is 2. The SMILES string of the molecule is CNCCOCCOCCNC(=O)c1ccc(C(=O)O)c(C2=c3cc4c5c(c3Oc3c2cc2c6c3CCCN6CCC2)CCC[N+]=5CCC4)c1. The molecule has 50 heavy (non-hydrogen) atoms. The van der Waals surface area contributed by atoms with Crippen LogP contribution >= 0.6 is 0 Å². The van der Waals surface area contributed by atoms with E-state index in [0.717, 1.165) is 112 Å². The zero-order valence-corrected chi connectivity index (χ0v) is 29.0. The van der Waals surface area contributed by atoms with Crippen LogP contribution in [0.25, 0.3) is 5.57 Å². The van der Waals surface area contributed by atoms with E-state index in [0.29, 0.717) is 44.1 Å². The fourth-order valence-corrected chi connectivity index (χ4v) is 8.72. The number of fused-ring (bicyclic) bond motifs is 4. The fraction of sp³-hybridized carbons (Fsp3) is 0.475. The highest BCUT2D eigenvalue weighted by Crippen LogP contribution is 2.48. The zero-order chi connectivity index (χ0) is 34.2. The third-order valence-electron chi connectivity index (χ3n) is 10.9. The van der Waals surface area contributed by atoms with Gasteiger partial charge in [0.25, 0.3) is 5.91 Å². The van der Waals surface area contributed by atoms with Gasteiger partial charge >= 0.3 is 5.97 Å². The number of aromatic carboxylic acids is 1. The summed E-state index contributed by atoms with van der Waals surface area (Å²) in [6, 6.07) is 9.50. The van der Waals surface area contributed by atoms with Gasteiger partial charge in [0.15, 0.2) is 0 Å². The molecule has 0 atom stereocenters. The normalized spacial score (nSPS) is 16.9. The van der Waals surface area contributed by atoms with Crippen LogP contribution in [0.3, 0.4) is 0 Å². The Kier molecular flexibility index (Phi) is 9.33. The Labute approximate surface area is 292 Å². The molecule has 3 aromatic carbocycles. The van der Waals surface area contributed by atoms with Gasteiger partial charge in [-0.1, -0.05) is 0 Å². The largest absolute Gasteiger partial charge is 0.478 e. The molecule has 10 nitrogen and oxygen atoms in total. The van der Waals surface area contributed by atoms with E-state index in [9.17, 15) is 14.7 Å². The molecule has 0 saturated carbocycles. The minimum Gasteiger partial charge on any atom is -0.478 e. The van der Waals surface area contributed by atoms with Crippen molar-refractivity contribution in [2.45, 2.75) is 51.4 Å². The van der Waals surface area contributed by atoms with Crippen LogP contribution in [-0.4, -0.2) is 89.7 Å². The Hall–Kier alpha value is -4.25. The molecule has 10 heteroatoms. The van der Waals surface area contributed by atoms with Crippen molar-refractivity contribution in [1.29, 1.82) is 0 Å². The molecule has 3 aromatic rings. The van der Waals surface area contributed by atoms with E-state index in [1.54, 1.807) is 18.2 Å². The number of nitrogens with one attached hydrogen (secondary N) is 2. The number of likely N-dealkylation sites (N-methyl/N-ethyl adjacent to an activating group) is 1. The highest BCUT2D eigenvalue weighted by Gasteiger charge is 2.36. The molecule has 8 rings (SSSR count). The minimum absolute atomic E-state index is 0.179. The van der Waals surface area contributed by atoms with E-state index < -0.39 is 5.97 Å². The van der Waals surface area contributed by atoms with Gasteiger partial charge in [-0.25, -0.2) is 9.37 Å². The average Bonchev–Trinajstić information content (AvgIpc) is 3.13. The van der Waals surface area contributed by atoms with E-state index in [2.05, 4.69) is 32.2 Å². The van der Waals surface area contributed by atoms with E-state index in [4.69, 9.17) is 14.2 Å². The molecular formula is C40H47N4O6+.